The molecule has 1 unspecified atom stereocenters. The molecule has 1 aromatic rings. The van der Waals surface area contributed by atoms with E-state index >= 15 is 0 Å². The number of benzene rings is 1. The topological polar surface area (TPSA) is 29.1 Å². The minimum Gasteiger partial charge on any atom is -0.355 e. The lowest BCUT2D eigenvalue weighted by Gasteiger charge is -2.09. The number of halogens is 1. The summed E-state index contributed by atoms with van der Waals surface area (Å²) in [5.41, 5.74) is 1.21. The SMILES string of the molecule is CCCC(Br)CNC(=O)CCc1ccccc1. The van der Waals surface area contributed by atoms with Gasteiger partial charge < -0.3 is 5.32 Å². The molecular weight excluding hydrogens is 278 g/mol. The maximum atomic E-state index is 11.6. The molecule has 1 aromatic carbocycles. The van der Waals surface area contributed by atoms with Gasteiger partial charge in [-0.05, 0) is 18.4 Å². The molecule has 0 fully saturated rings. The van der Waals surface area contributed by atoms with E-state index in [1.54, 1.807) is 0 Å². The van der Waals surface area contributed by atoms with E-state index in [9.17, 15) is 4.79 Å². The second-order valence-electron chi connectivity index (χ2n) is 4.18. The van der Waals surface area contributed by atoms with Crippen LogP contribution in [0.25, 0.3) is 0 Å². The molecule has 1 atom stereocenters. The van der Waals surface area contributed by atoms with Gasteiger partial charge in [0.25, 0.3) is 0 Å². The Morgan fingerprint density at radius 3 is 2.71 bits per heavy atom. The lowest BCUT2D eigenvalue weighted by molar-refractivity contribution is -0.121. The van der Waals surface area contributed by atoms with Crippen molar-refractivity contribution in [2.75, 3.05) is 6.54 Å². The largest absolute Gasteiger partial charge is 0.355 e. The summed E-state index contributed by atoms with van der Waals surface area (Å²) in [4.78, 5) is 12.0. The van der Waals surface area contributed by atoms with Gasteiger partial charge in [-0.1, -0.05) is 59.6 Å². The first kappa shape index (κ1) is 14.2. The second kappa shape index (κ2) is 8.29. The second-order valence-corrected chi connectivity index (χ2v) is 5.47. The van der Waals surface area contributed by atoms with Gasteiger partial charge in [-0.25, -0.2) is 0 Å². The first-order chi connectivity index (χ1) is 8.22. The summed E-state index contributed by atoms with van der Waals surface area (Å²) in [6.07, 6.45) is 3.61. The molecule has 0 radical (unpaired) electrons. The van der Waals surface area contributed by atoms with Crippen molar-refractivity contribution in [3.8, 4) is 0 Å². The summed E-state index contributed by atoms with van der Waals surface area (Å²) in [6.45, 7) is 2.87. The highest BCUT2D eigenvalue weighted by Gasteiger charge is 2.06. The van der Waals surface area contributed by atoms with Gasteiger partial charge in [0.2, 0.25) is 5.91 Å². The molecule has 0 aromatic heterocycles. The number of carbonyl (C=O) groups excluding carboxylic acids is 1. The number of rotatable bonds is 7. The van der Waals surface area contributed by atoms with Crippen molar-refractivity contribution >= 4 is 21.8 Å². The molecule has 0 aliphatic heterocycles. The summed E-state index contributed by atoms with van der Waals surface area (Å²) in [6, 6.07) is 10.1. The fourth-order valence-corrected chi connectivity index (χ4v) is 2.25. The number of carbonyl (C=O) groups is 1. The van der Waals surface area contributed by atoms with Gasteiger partial charge in [0.05, 0.1) is 0 Å². The van der Waals surface area contributed by atoms with E-state index in [-0.39, 0.29) is 5.91 Å². The number of nitrogens with one attached hydrogen (secondary N) is 1. The van der Waals surface area contributed by atoms with Crippen molar-refractivity contribution in [2.24, 2.45) is 0 Å². The average molecular weight is 298 g/mol. The molecule has 3 heteroatoms. The lowest BCUT2D eigenvalue weighted by Crippen LogP contribution is -2.29. The molecule has 1 rings (SSSR count). The fourth-order valence-electron chi connectivity index (χ4n) is 1.63. The molecule has 0 saturated carbocycles. The molecule has 0 saturated heterocycles. The van der Waals surface area contributed by atoms with Crippen molar-refractivity contribution in [3.63, 3.8) is 0 Å². The minimum absolute atomic E-state index is 0.134. The van der Waals surface area contributed by atoms with E-state index in [1.807, 2.05) is 18.2 Å². The first-order valence-electron chi connectivity index (χ1n) is 6.17. The zero-order chi connectivity index (χ0) is 12.5. The normalized spacial score (nSPS) is 12.1. The molecule has 0 spiro atoms. The highest BCUT2D eigenvalue weighted by atomic mass is 79.9. The Hall–Kier alpha value is -0.830. The number of hydrogen-bond acceptors (Lipinski definition) is 1. The van der Waals surface area contributed by atoms with Crippen molar-refractivity contribution in [1.82, 2.24) is 5.32 Å². The first-order valence-corrected chi connectivity index (χ1v) is 7.08. The standard InChI is InChI=1S/C14H20BrNO/c1-2-6-13(15)11-16-14(17)10-9-12-7-4-3-5-8-12/h3-5,7-8,13H,2,6,9-11H2,1H3,(H,16,17). The average Bonchev–Trinajstić information content (AvgIpc) is 2.35. The fraction of sp³-hybridized carbons (Fsp3) is 0.500. The number of hydrogen-bond donors (Lipinski definition) is 1. The zero-order valence-corrected chi connectivity index (χ0v) is 11.9. The van der Waals surface area contributed by atoms with Gasteiger partial charge in [-0.3, -0.25) is 4.79 Å². The van der Waals surface area contributed by atoms with Gasteiger partial charge in [-0.2, -0.15) is 0 Å². The number of alkyl halides is 1. The Kier molecular flexibility index (Phi) is 6.94. The quantitative estimate of drug-likeness (QED) is 0.769. The maximum absolute atomic E-state index is 11.6. The molecule has 1 N–H and O–H groups in total. The molecule has 17 heavy (non-hydrogen) atoms. The van der Waals surface area contributed by atoms with Gasteiger partial charge in [0.15, 0.2) is 0 Å². The summed E-state index contributed by atoms with van der Waals surface area (Å²) < 4.78 is 0. The Balaban J connectivity index is 2.17. The van der Waals surface area contributed by atoms with E-state index < -0.39 is 0 Å². The summed E-state index contributed by atoms with van der Waals surface area (Å²) in [5, 5.41) is 2.95. The summed E-state index contributed by atoms with van der Waals surface area (Å²) >= 11 is 3.55. The Labute approximate surface area is 112 Å². The smallest absolute Gasteiger partial charge is 0.220 e. The summed E-state index contributed by atoms with van der Waals surface area (Å²) in [7, 11) is 0. The van der Waals surface area contributed by atoms with Crippen LogP contribution in [0.1, 0.15) is 31.7 Å². The van der Waals surface area contributed by atoms with Crippen LogP contribution in [-0.4, -0.2) is 17.3 Å². The van der Waals surface area contributed by atoms with E-state index in [0.717, 1.165) is 25.8 Å². The van der Waals surface area contributed by atoms with Crippen LogP contribution in [-0.2, 0) is 11.2 Å². The Morgan fingerprint density at radius 2 is 2.06 bits per heavy atom. The maximum Gasteiger partial charge on any atom is 0.220 e. The van der Waals surface area contributed by atoms with E-state index in [0.29, 0.717) is 11.2 Å². The van der Waals surface area contributed by atoms with Crippen LogP contribution in [0.3, 0.4) is 0 Å². The molecular formula is C14H20BrNO. The highest BCUT2D eigenvalue weighted by molar-refractivity contribution is 9.09. The monoisotopic (exact) mass is 297 g/mol. The van der Waals surface area contributed by atoms with Crippen molar-refractivity contribution in [1.29, 1.82) is 0 Å². The predicted octanol–water partition coefficient (Wildman–Crippen LogP) is 3.30. The third-order valence-electron chi connectivity index (χ3n) is 2.61. The molecule has 0 aliphatic rings. The highest BCUT2D eigenvalue weighted by Crippen LogP contribution is 2.06. The summed E-state index contributed by atoms with van der Waals surface area (Å²) in [5.74, 6) is 0.134. The predicted molar refractivity (Wildman–Crippen MR) is 75.4 cm³/mol. The lowest BCUT2D eigenvalue weighted by atomic mass is 10.1. The number of amides is 1. The van der Waals surface area contributed by atoms with E-state index in [1.165, 1.54) is 5.56 Å². The Morgan fingerprint density at radius 1 is 1.35 bits per heavy atom. The van der Waals surface area contributed by atoms with Gasteiger partial charge in [0, 0.05) is 17.8 Å². The van der Waals surface area contributed by atoms with Crippen LogP contribution in [0, 0.1) is 0 Å². The van der Waals surface area contributed by atoms with E-state index in [4.69, 9.17) is 0 Å². The zero-order valence-electron chi connectivity index (χ0n) is 10.3. The molecule has 0 bridgehead atoms. The Bertz CT molecular complexity index is 326. The third-order valence-corrected chi connectivity index (χ3v) is 3.39. The molecule has 94 valence electrons. The minimum atomic E-state index is 0.134. The van der Waals surface area contributed by atoms with Crippen LogP contribution in [0.15, 0.2) is 30.3 Å². The van der Waals surface area contributed by atoms with E-state index in [2.05, 4.69) is 40.3 Å². The molecule has 0 heterocycles. The van der Waals surface area contributed by atoms with Crippen LogP contribution in [0.2, 0.25) is 0 Å². The van der Waals surface area contributed by atoms with Crippen LogP contribution < -0.4 is 5.32 Å². The molecule has 1 amide bonds. The number of aryl methyl sites for hydroxylation is 1. The van der Waals surface area contributed by atoms with Gasteiger partial charge in [-0.15, -0.1) is 0 Å². The van der Waals surface area contributed by atoms with Crippen LogP contribution in [0.4, 0.5) is 0 Å². The van der Waals surface area contributed by atoms with Crippen LogP contribution >= 0.6 is 15.9 Å². The van der Waals surface area contributed by atoms with Crippen molar-refractivity contribution < 1.29 is 4.79 Å². The molecule has 2 nitrogen and oxygen atoms in total. The van der Waals surface area contributed by atoms with Crippen molar-refractivity contribution in [2.45, 2.75) is 37.4 Å². The van der Waals surface area contributed by atoms with Crippen molar-refractivity contribution in [3.05, 3.63) is 35.9 Å². The van der Waals surface area contributed by atoms with Gasteiger partial charge >= 0.3 is 0 Å². The van der Waals surface area contributed by atoms with Crippen LogP contribution in [0.5, 0.6) is 0 Å². The van der Waals surface area contributed by atoms with Gasteiger partial charge in [0.1, 0.15) is 0 Å². The molecule has 0 aliphatic carbocycles. The third kappa shape index (κ3) is 6.47.